The van der Waals surface area contributed by atoms with Crippen LogP contribution in [0.2, 0.25) is 0 Å². The van der Waals surface area contributed by atoms with Gasteiger partial charge in [-0.15, -0.1) is 0 Å². The number of benzene rings is 1. The number of anilines is 1. The van der Waals surface area contributed by atoms with E-state index in [0.717, 1.165) is 47.5 Å². The predicted molar refractivity (Wildman–Crippen MR) is 84.8 cm³/mol. The van der Waals surface area contributed by atoms with Gasteiger partial charge >= 0.3 is 0 Å². The van der Waals surface area contributed by atoms with Crippen LogP contribution in [0.25, 0.3) is 10.9 Å². The van der Waals surface area contributed by atoms with Crippen LogP contribution in [0.3, 0.4) is 0 Å². The summed E-state index contributed by atoms with van der Waals surface area (Å²) in [6.45, 7) is 6.07. The Morgan fingerprint density at radius 2 is 2.00 bits per heavy atom. The first-order chi connectivity index (χ1) is 9.67. The average Bonchev–Trinajstić information content (AvgIpc) is 2.43. The van der Waals surface area contributed by atoms with Crippen molar-refractivity contribution in [2.45, 2.75) is 20.3 Å². The highest BCUT2D eigenvalue weighted by Gasteiger charge is 2.11. The summed E-state index contributed by atoms with van der Waals surface area (Å²) < 4.78 is 5.44. The van der Waals surface area contributed by atoms with Crippen molar-refractivity contribution >= 4 is 16.6 Å². The van der Waals surface area contributed by atoms with Crippen LogP contribution in [-0.4, -0.2) is 32.2 Å². The minimum absolute atomic E-state index is 0.826. The van der Waals surface area contributed by atoms with Gasteiger partial charge in [-0.25, -0.2) is 4.98 Å². The van der Waals surface area contributed by atoms with Crippen LogP contribution >= 0.6 is 0 Å². The molecule has 0 amide bonds. The molecule has 0 saturated heterocycles. The zero-order chi connectivity index (χ0) is 14.5. The lowest BCUT2D eigenvalue weighted by Gasteiger charge is -2.14. The number of pyridine rings is 1. The van der Waals surface area contributed by atoms with Crippen molar-refractivity contribution in [3.63, 3.8) is 0 Å². The van der Waals surface area contributed by atoms with Gasteiger partial charge in [0.15, 0.2) is 0 Å². The maximum absolute atomic E-state index is 5.44. The third-order valence-electron chi connectivity index (χ3n) is 3.40. The summed E-state index contributed by atoms with van der Waals surface area (Å²) in [4.78, 5) is 4.63. The van der Waals surface area contributed by atoms with Gasteiger partial charge in [0.2, 0.25) is 0 Å². The fourth-order valence-corrected chi connectivity index (χ4v) is 2.41. The van der Waals surface area contributed by atoms with Gasteiger partial charge in [-0.05, 0) is 51.6 Å². The summed E-state index contributed by atoms with van der Waals surface area (Å²) in [5, 5.41) is 7.83. The SMILES string of the molecule is CNCCCNc1cc(C)nc2c(OC)ccc(C)c12. The monoisotopic (exact) mass is 273 g/mol. The van der Waals surface area contributed by atoms with Crippen LogP contribution in [0.5, 0.6) is 5.75 Å². The molecule has 1 aromatic carbocycles. The highest BCUT2D eigenvalue weighted by Crippen LogP contribution is 2.32. The van der Waals surface area contributed by atoms with Gasteiger partial charge in [-0.1, -0.05) is 6.07 Å². The molecule has 20 heavy (non-hydrogen) atoms. The Kier molecular flexibility index (Phi) is 4.79. The summed E-state index contributed by atoms with van der Waals surface area (Å²) in [5.41, 5.74) is 4.28. The fourth-order valence-electron chi connectivity index (χ4n) is 2.41. The molecular formula is C16H23N3O. The van der Waals surface area contributed by atoms with Crippen LogP contribution in [0.1, 0.15) is 17.7 Å². The summed E-state index contributed by atoms with van der Waals surface area (Å²) in [5.74, 6) is 0.826. The largest absolute Gasteiger partial charge is 0.494 e. The van der Waals surface area contributed by atoms with Crippen LogP contribution in [0, 0.1) is 13.8 Å². The Morgan fingerprint density at radius 3 is 2.70 bits per heavy atom. The molecule has 108 valence electrons. The lowest BCUT2D eigenvalue weighted by Crippen LogP contribution is -2.13. The predicted octanol–water partition coefficient (Wildman–Crippen LogP) is 2.88. The molecule has 1 aromatic heterocycles. The van der Waals surface area contributed by atoms with Crippen molar-refractivity contribution in [3.8, 4) is 5.75 Å². The van der Waals surface area contributed by atoms with Crippen LogP contribution < -0.4 is 15.4 Å². The molecule has 0 spiro atoms. The van der Waals surface area contributed by atoms with E-state index < -0.39 is 0 Å². The number of methoxy groups -OCH3 is 1. The molecule has 0 unspecified atom stereocenters. The number of ether oxygens (including phenoxy) is 1. The van der Waals surface area contributed by atoms with E-state index in [-0.39, 0.29) is 0 Å². The first kappa shape index (κ1) is 14.6. The Balaban J connectivity index is 2.42. The first-order valence-electron chi connectivity index (χ1n) is 7.00. The molecule has 0 aliphatic heterocycles. The number of hydrogen-bond acceptors (Lipinski definition) is 4. The summed E-state index contributed by atoms with van der Waals surface area (Å²) >= 11 is 0. The molecule has 4 nitrogen and oxygen atoms in total. The van der Waals surface area contributed by atoms with Crippen LogP contribution in [-0.2, 0) is 0 Å². The lowest BCUT2D eigenvalue weighted by molar-refractivity contribution is 0.419. The van der Waals surface area contributed by atoms with Gasteiger partial charge in [0.25, 0.3) is 0 Å². The molecule has 2 aromatic rings. The third kappa shape index (κ3) is 3.02. The molecular weight excluding hydrogens is 250 g/mol. The molecule has 0 radical (unpaired) electrons. The molecule has 2 rings (SSSR count). The van der Waals surface area contributed by atoms with Crippen molar-refractivity contribution in [1.82, 2.24) is 10.3 Å². The normalized spacial score (nSPS) is 10.8. The van der Waals surface area contributed by atoms with E-state index in [1.807, 2.05) is 20.0 Å². The van der Waals surface area contributed by atoms with Gasteiger partial charge in [-0.2, -0.15) is 0 Å². The van der Waals surface area contributed by atoms with Crippen molar-refractivity contribution in [3.05, 3.63) is 29.5 Å². The van der Waals surface area contributed by atoms with Gasteiger partial charge in [-0.3, -0.25) is 0 Å². The van der Waals surface area contributed by atoms with E-state index in [0.29, 0.717) is 0 Å². The molecule has 4 heteroatoms. The van der Waals surface area contributed by atoms with E-state index in [2.05, 4.69) is 34.7 Å². The molecule has 0 atom stereocenters. The summed E-state index contributed by atoms with van der Waals surface area (Å²) in [7, 11) is 3.66. The van der Waals surface area contributed by atoms with E-state index in [4.69, 9.17) is 4.74 Å². The molecule has 2 N–H and O–H groups in total. The topological polar surface area (TPSA) is 46.2 Å². The number of nitrogens with zero attached hydrogens (tertiary/aromatic N) is 1. The zero-order valence-electron chi connectivity index (χ0n) is 12.7. The van der Waals surface area contributed by atoms with Gasteiger partial charge < -0.3 is 15.4 Å². The third-order valence-corrected chi connectivity index (χ3v) is 3.40. The summed E-state index contributed by atoms with van der Waals surface area (Å²) in [6.07, 6.45) is 1.09. The second-order valence-electron chi connectivity index (χ2n) is 5.00. The molecule has 0 aliphatic carbocycles. The van der Waals surface area contributed by atoms with Crippen molar-refractivity contribution in [2.75, 3.05) is 32.6 Å². The molecule has 0 saturated carbocycles. The lowest BCUT2D eigenvalue weighted by atomic mass is 10.1. The zero-order valence-corrected chi connectivity index (χ0v) is 12.7. The van der Waals surface area contributed by atoms with Gasteiger partial charge in [0.1, 0.15) is 11.3 Å². The highest BCUT2D eigenvalue weighted by atomic mass is 16.5. The number of aromatic nitrogens is 1. The maximum atomic E-state index is 5.44. The second kappa shape index (κ2) is 6.57. The number of aryl methyl sites for hydroxylation is 2. The summed E-state index contributed by atoms with van der Waals surface area (Å²) in [6, 6.07) is 6.17. The standard InChI is InChI=1S/C16H23N3O/c1-11-6-7-14(20-4)16-15(11)13(10-12(2)19-16)18-9-5-8-17-3/h6-7,10,17H,5,8-9H2,1-4H3,(H,18,19). The molecule has 1 heterocycles. The van der Waals surface area contributed by atoms with Crippen molar-refractivity contribution < 1.29 is 4.74 Å². The van der Waals surface area contributed by atoms with Gasteiger partial charge in [0.05, 0.1) is 7.11 Å². The molecule has 0 aliphatic rings. The van der Waals surface area contributed by atoms with E-state index in [1.165, 1.54) is 5.56 Å². The van der Waals surface area contributed by atoms with Gasteiger partial charge in [0, 0.05) is 23.3 Å². The Bertz CT molecular complexity index is 596. The molecule has 0 bridgehead atoms. The quantitative estimate of drug-likeness (QED) is 0.794. The second-order valence-corrected chi connectivity index (χ2v) is 5.00. The Hall–Kier alpha value is -1.81. The van der Waals surface area contributed by atoms with E-state index >= 15 is 0 Å². The minimum Gasteiger partial charge on any atom is -0.494 e. The maximum Gasteiger partial charge on any atom is 0.145 e. The number of hydrogen-bond donors (Lipinski definition) is 2. The number of nitrogens with one attached hydrogen (secondary N) is 2. The van der Waals surface area contributed by atoms with Crippen LogP contribution in [0.15, 0.2) is 18.2 Å². The smallest absolute Gasteiger partial charge is 0.145 e. The number of fused-ring (bicyclic) bond motifs is 1. The average molecular weight is 273 g/mol. The first-order valence-corrected chi connectivity index (χ1v) is 7.00. The Morgan fingerprint density at radius 1 is 1.20 bits per heavy atom. The number of rotatable bonds is 6. The van der Waals surface area contributed by atoms with Crippen LogP contribution in [0.4, 0.5) is 5.69 Å². The van der Waals surface area contributed by atoms with E-state index in [1.54, 1.807) is 7.11 Å². The fraction of sp³-hybridized carbons (Fsp3) is 0.438. The molecule has 0 fully saturated rings. The Labute approximate surface area is 120 Å². The highest BCUT2D eigenvalue weighted by molar-refractivity contribution is 5.97. The minimum atomic E-state index is 0.826. The van der Waals surface area contributed by atoms with Crippen molar-refractivity contribution in [2.24, 2.45) is 0 Å². The van der Waals surface area contributed by atoms with E-state index in [9.17, 15) is 0 Å². The van der Waals surface area contributed by atoms with Crippen molar-refractivity contribution in [1.29, 1.82) is 0 Å².